The summed E-state index contributed by atoms with van der Waals surface area (Å²) in [5.41, 5.74) is 0. The van der Waals surface area contributed by atoms with E-state index in [9.17, 15) is 0 Å². The summed E-state index contributed by atoms with van der Waals surface area (Å²) in [6.07, 6.45) is 5.65. The van der Waals surface area contributed by atoms with Crippen LogP contribution in [0.1, 0.15) is 0 Å². The minimum atomic E-state index is 0. The molecule has 0 unspecified atom stereocenters. The van der Waals surface area contributed by atoms with E-state index in [0.29, 0.717) is 0 Å². The molecular formula is C9H19NS2. The van der Waals surface area contributed by atoms with E-state index < -0.39 is 0 Å². The first-order valence-electron chi connectivity index (χ1n) is 3.40. The Labute approximate surface area is 89.7 Å². The molecule has 0 saturated heterocycles. The van der Waals surface area contributed by atoms with E-state index >= 15 is 0 Å². The van der Waals surface area contributed by atoms with Gasteiger partial charge in [0.05, 0.1) is 0 Å². The van der Waals surface area contributed by atoms with Crippen molar-refractivity contribution < 1.29 is 0 Å². The van der Waals surface area contributed by atoms with Gasteiger partial charge in [-0.05, 0) is 0 Å². The van der Waals surface area contributed by atoms with Gasteiger partial charge in [0.25, 0.3) is 0 Å². The minimum absolute atomic E-state index is 0. The van der Waals surface area contributed by atoms with E-state index in [1.54, 1.807) is 0 Å². The molecule has 0 spiro atoms. The van der Waals surface area contributed by atoms with Gasteiger partial charge in [0.1, 0.15) is 0 Å². The number of nitrogens with zero attached hydrogens (tertiary/aromatic N) is 1. The normalized spacial score (nSPS) is 7.75. The number of rotatable bonds is 6. The van der Waals surface area contributed by atoms with Crippen molar-refractivity contribution in [2.75, 3.05) is 19.6 Å². The van der Waals surface area contributed by atoms with Gasteiger partial charge in [0.15, 0.2) is 0 Å². The topological polar surface area (TPSA) is 3.24 Å². The van der Waals surface area contributed by atoms with Crippen molar-refractivity contribution in [3.05, 3.63) is 38.0 Å². The van der Waals surface area contributed by atoms with Gasteiger partial charge in [-0.2, -0.15) is 27.0 Å². The van der Waals surface area contributed by atoms with Gasteiger partial charge in [0, 0.05) is 19.6 Å². The molecule has 0 amide bonds. The lowest BCUT2D eigenvalue weighted by atomic mass is 10.4. The molecule has 0 bridgehead atoms. The van der Waals surface area contributed by atoms with Crippen LogP contribution < -0.4 is 0 Å². The van der Waals surface area contributed by atoms with Gasteiger partial charge in [-0.1, -0.05) is 18.2 Å². The van der Waals surface area contributed by atoms with Crippen LogP contribution in [0.4, 0.5) is 0 Å². The van der Waals surface area contributed by atoms with E-state index in [0.717, 1.165) is 19.6 Å². The molecule has 0 heterocycles. The smallest absolute Gasteiger partial charge is 0.0167 e. The van der Waals surface area contributed by atoms with Crippen molar-refractivity contribution in [2.45, 2.75) is 0 Å². The Kier molecular flexibility index (Phi) is 20.0. The van der Waals surface area contributed by atoms with Gasteiger partial charge < -0.3 is 0 Å². The molecule has 0 atom stereocenters. The molecule has 0 aliphatic rings. The molecule has 0 aromatic rings. The maximum atomic E-state index is 3.65. The number of hydrogen-bond donors (Lipinski definition) is 0. The van der Waals surface area contributed by atoms with Crippen molar-refractivity contribution in [2.24, 2.45) is 0 Å². The Morgan fingerprint density at radius 2 is 1.00 bits per heavy atom. The van der Waals surface area contributed by atoms with Gasteiger partial charge in [0.2, 0.25) is 0 Å². The Hall–Kier alpha value is -0.120. The zero-order valence-electron chi connectivity index (χ0n) is 7.42. The highest BCUT2D eigenvalue weighted by molar-refractivity contribution is 7.59. The fourth-order valence-corrected chi connectivity index (χ4v) is 0.771. The third-order valence-electron chi connectivity index (χ3n) is 1.16. The summed E-state index contributed by atoms with van der Waals surface area (Å²) >= 11 is 0. The molecule has 0 rings (SSSR count). The third kappa shape index (κ3) is 9.88. The predicted octanol–water partition coefficient (Wildman–Crippen LogP) is 2.07. The summed E-state index contributed by atoms with van der Waals surface area (Å²) in [7, 11) is 0. The van der Waals surface area contributed by atoms with Gasteiger partial charge in [-0.25, -0.2) is 0 Å². The summed E-state index contributed by atoms with van der Waals surface area (Å²) in [6, 6.07) is 0. The molecule has 0 N–H and O–H groups in total. The standard InChI is InChI=1S/C9H15N.2H2S/c1-4-7-10(8-5-2)9-6-3;;/h4-6H,1-3,7-9H2;2*1H2. The Morgan fingerprint density at radius 1 is 0.750 bits per heavy atom. The van der Waals surface area contributed by atoms with E-state index in [1.807, 2.05) is 18.2 Å². The molecule has 12 heavy (non-hydrogen) atoms. The molecule has 0 saturated carbocycles. The summed E-state index contributed by atoms with van der Waals surface area (Å²) in [4.78, 5) is 2.19. The maximum absolute atomic E-state index is 3.65. The summed E-state index contributed by atoms with van der Waals surface area (Å²) in [5, 5.41) is 0. The van der Waals surface area contributed by atoms with Crippen molar-refractivity contribution in [3.8, 4) is 0 Å². The summed E-state index contributed by atoms with van der Waals surface area (Å²) < 4.78 is 0. The van der Waals surface area contributed by atoms with Crippen molar-refractivity contribution in [3.63, 3.8) is 0 Å². The second kappa shape index (κ2) is 13.5. The zero-order valence-corrected chi connectivity index (χ0v) is 9.42. The summed E-state index contributed by atoms with van der Waals surface area (Å²) in [5.74, 6) is 0. The second-order valence-corrected chi connectivity index (χ2v) is 2.08. The van der Waals surface area contributed by atoms with Crippen LogP contribution in [0.25, 0.3) is 0 Å². The molecule has 3 heteroatoms. The quantitative estimate of drug-likeness (QED) is 0.600. The van der Waals surface area contributed by atoms with Gasteiger partial charge >= 0.3 is 0 Å². The van der Waals surface area contributed by atoms with Crippen molar-refractivity contribution in [1.82, 2.24) is 4.90 Å². The van der Waals surface area contributed by atoms with E-state index in [2.05, 4.69) is 24.6 Å². The number of hydrogen-bond acceptors (Lipinski definition) is 1. The molecule has 0 aromatic heterocycles. The minimum Gasteiger partial charge on any atom is -0.292 e. The molecule has 1 nitrogen and oxygen atoms in total. The maximum Gasteiger partial charge on any atom is 0.0167 e. The van der Waals surface area contributed by atoms with E-state index in [1.165, 1.54) is 0 Å². The molecular weight excluding hydrogens is 186 g/mol. The Balaban J connectivity index is -0.000000405. The average Bonchev–Trinajstić information content (AvgIpc) is 1.90. The highest BCUT2D eigenvalue weighted by Crippen LogP contribution is 1.88. The lowest BCUT2D eigenvalue weighted by Gasteiger charge is -2.15. The van der Waals surface area contributed by atoms with Crippen LogP contribution in [0.3, 0.4) is 0 Å². The fourth-order valence-electron chi connectivity index (χ4n) is 0.771. The third-order valence-corrected chi connectivity index (χ3v) is 1.16. The Bertz CT molecular complexity index is 99.9. The van der Waals surface area contributed by atoms with Crippen LogP contribution in [0.15, 0.2) is 38.0 Å². The predicted molar refractivity (Wildman–Crippen MR) is 67.8 cm³/mol. The molecule has 0 fully saturated rings. The monoisotopic (exact) mass is 205 g/mol. The molecule has 0 aromatic carbocycles. The largest absolute Gasteiger partial charge is 0.292 e. The van der Waals surface area contributed by atoms with Crippen LogP contribution in [0.2, 0.25) is 0 Å². The SMILES string of the molecule is C=CCN(CC=C)CC=C.S.S. The fraction of sp³-hybridized carbons (Fsp3) is 0.333. The van der Waals surface area contributed by atoms with E-state index in [-0.39, 0.29) is 27.0 Å². The first kappa shape index (κ1) is 17.8. The first-order chi connectivity index (χ1) is 4.85. The van der Waals surface area contributed by atoms with Crippen molar-refractivity contribution in [1.29, 1.82) is 0 Å². The van der Waals surface area contributed by atoms with E-state index in [4.69, 9.17) is 0 Å². The van der Waals surface area contributed by atoms with Crippen LogP contribution in [0.5, 0.6) is 0 Å². The highest BCUT2D eigenvalue weighted by Gasteiger charge is 1.94. The van der Waals surface area contributed by atoms with Crippen LogP contribution in [0, 0.1) is 0 Å². The lowest BCUT2D eigenvalue weighted by molar-refractivity contribution is 0.373. The zero-order chi connectivity index (χ0) is 7.82. The van der Waals surface area contributed by atoms with Gasteiger partial charge in [-0.3, -0.25) is 4.90 Å². The first-order valence-corrected chi connectivity index (χ1v) is 3.40. The lowest BCUT2D eigenvalue weighted by Crippen LogP contribution is -2.23. The van der Waals surface area contributed by atoms with Crippen LogP contribution >= 0.6 is 27.0 Å². The highest BCUT2D eigenvalue weighted by atomic mass is 32.1. The van der Waals surface area contributed by atoms with Crippen LogP contribution in [-0.4, -0.2) is 24.5 Å². The molecule has 0 aliphatic carbocycles. The van der Waals surface area contributed by atoms with Crippen molar-refractivity contribution >= 4 is 27.0 Å². The van der Waals surface area contributed by atoms with Crippen LogP contribution in [-0.2, 0) is 0 Å². The molecule has 0 aliphatic heterocycles. The Morgan fingerprint density at radius 3 is 1.17 bits per heavy atom. The molecule has 0 radical (unpaired) electrons. The average molecular weight is 205 g/mol. The summed E-state index contributed by atoms with van der Waals surface area (Å²) in [6.45, 7) is 13.7. The molecule has 72 valence electrons. The second-order valence-electron chi connectivity index (χ2n) is 2.08. The van der Waals surface area contributed by atoms with Gasteiger partial charge in [-0.15, -0.1) is 19.7 Å².